The minimum Gasteiger partial charge on any atom is -0.493 e. The first-order valence-corrected chi connectivity index (χ1v) is 6.02. The summed E-state index contributed by atoms with van der Waals surface area (Å²) >= 11 is 0. The predicted octanol–water partition coefficient (Wildman–Crippen LogP) is 2.16. The van der Waals surface area contributed by atoms with Gasteiger partial charge in [0, 0.05) is 12.0 Å². The van der Waals surface area contributed by atoms with Crippen molar-refractivity contribution in [3.63, 3.8) is 0 Å². The van der Waals surface area contributed by atoms with Crippen molar-refractivity contribution < 1.29 is 14.2 Å². The first-order valence-electron chi connectivity index (χ1n) is 6.02. The second-order valence-corrected chi connectivity index (χ2v) is 5.28. The summed E-state index contributed by atoms with van der Waals surface area (Å²) in [5.41, 5.74) is 7.39. The van der Waals surface area contributed by atoms with E-state index in [4.69, 9.17) is 19.9 Å². The van der Waals surface area contributed by atoms with Crippen LogP contribution >= 0.6 is 0 Å². The van der Waals surface area contributed by atoms with Crippen LogP contribution < -0.4 is 19.9 Å². The first-order chi connectivity index (χ1) is 8.47. The molecule has 4 heteroatoms. The van der Waals surface area contributed by atoms with Crippen LogP contribution in [0.15, 0.2) is 12.1 Å². The van der Waals surface area contributed by atoms with Crippen LogP contribution in [0.2, 0.25) is 0 Å². The lowest BCUT2D eigenvalue weighted by Gasteiger charge is -2.14. The van der Waals surface area contributed by atoms with Crippen LogP contribution in [0.4, 0.5) is 0 Å². The van der Waals surface area contributed by atoms with Crippen molar-refractivity contribution in [2.75, 3.05) is 21.3 Å². The Labute approximate surface area is 108 Å². The largest absolute Gasteiger partial charge is 0.493 e. The van der Waals surface area contributed by atoms with Gasteiger partial charge in [-0.1, -0.05) is 13.8 Å². The lowest BCUT2D eigenvalue weighted by atomic mass is 10.0. The maximum atomic E-state index is 6.12. The van der Waals surface area contributed by atoms with Crippen LogP contribution in [0.3, 0.4) is 0 Å². The van der Waals surface area contributed by atoms with E-state index in [-0.39, 0.29) is 11.5 Å². The van der Waals surface area contributed by atoms with Gasteiger partial charge in [-0.3, -0.25) is 0 Å². The SMILES string of the molecule is COc1cc(C2C(N)C2(C)C)cc(OC)c1OC. The van der Waals surface area contributed by atoms with Gasteiger partial charge >= 0.3 is 0 Å². The van der Waals surface area contributed by atoms with Gasteiger partial charge in [0.05, 0.1) is 21.3 Å². The standard InChI is InChI=1S/C14H21NO3/c1-14(2)11(13(14)15)8-6-9(16-3)12(18-5)10(7-8)17-4/h6-7,11,13H,15H2,1-5H3. The lowest BCUT2D eigenvalue weighted by Crippen LogP contribution is -2.06. The Morgan fingerprint density at radius 2 is 1.44 bits per heavy atom. The Balaban J connectivity index is 2.45. The van der Waals surface area contributed by atoms with E-state index < -0.39 is 0 Å². The molecule has 0 aliphatic heterocycles. The number of benzene rings is 1. The highest BCUT2D eigenvalue weighted by molar-refractivity contribution is 5.56. The summed E-state index contributed by atoms with van der Waals surface area (Å²) in [6.45, 7) is 4.34. The number of hydrogen-bond donors (Lipinski definition) is 1. The topological polar surface area (TPSA) is 53.7 Å². The van der Waals surface area contributed by atoms with Gasteiger partial charge < -0.3 is 19.9 Å². The average Bonchev–Trinajstić information content (AvgIpc) is 2.86. The van der Waals surface area contributed by atoms with Gasteiger partial charge in [0.1, 0.15) is 0 Å². The zero-order valence-corrected chi connectivity index (χ0v) is 11.6. The van der Waals surface area contributed by atoms with Crippen LogP contribution in [0.1, 0.15) is 25.3 Å². The Kier molecular flexibility index (Phi) is 3.15. The number of nitrogens with two attached hydrogens (primary N) is 1. The quantitative estimate of drug-likeness (QED) is 0.891. The number of ether oxygens (including phenoxy) is 3. The van der Waals surface area contributed by atoms with Crippen molar-refractivity contribution in [1.29, 1.82) is 0 Å². The van der Waals surface area contributed by atoms with E-state index in [0.29, 0.717) is 23.2 Å². The normalized spacial score (nSPS) is 24.6. The van der Waals surface area contributed by atoms with Crippen LogP contribution in [0.25, 0.3) is 0 Å². The molecule has 1 aliphatic carbocycles. The summed E-state index contributed by atoms with van der Waals surface area (Å²) in [5, 5.41) is 0. The van der Waals surface area contributed by atoms with E-state index >= 15 is 0 Å². The first kappa shape index (κ1) is 13.0. The summed E-state index contributed by atoms with van der Waals surface area (Å²) in [5.74, 6) is 2.32. The zero-order valence-electron chi connectivity index (χ0n) is 11.6. The molecule has 18 heavy (non-hydrogen) atoms. The fourth-order valence-electron chi connectivity index (χ4n) is 2.60. The highest BCUT2D eigenvalue weighted by atomic mass is 16.5. The van der Waals surface area contributed by atoms with Crippen molar-refractivity contribution in [2.24, 2.45) is 11.1 Å². The molecule has 1 aromatic carbocycles. The van der Waals surface area contributed by atoms with Crippen LogP contribution in [-0.2, 0) is 0 Å². The summed E-state index contributed by atoms with van der Waals surface area (Å²) in [6, 6.07) is 4.15. The predicted molar refractivity (Wildman–Crippen MR) is 70.6 cm³/mol. The Hall–Kier alpha value is -1.42. The summed E-state index contributed by atoms with van der Waals surface area (Å²) in [6.07, 6.45) is 0. The molecule has 0 spiro atoms. The number of rotatable bonds is 4. The molecule has 0 aromatic heterocycles. The van der Waals surface area contributed by atoms with Gasteiger partial charge in [0.25, 0.3) is 0 Å². The molecule has 0 bridgehead atoms. The molecule has 2 rings (SSSR count). The highest BCUT2D eigenvalue weighted by Crippen LogP contribution is 2.58. The smallest absolute Gasteiger partial charge is 0.203 e. The molecular formula is C14H21NO3. The fourth-order valence-corrected chi connectivity index (χ4v) is 2.60. The molecule has 4 nitrogen and oxygen atoms in total. The van der Waals surface area contributed by atoms with E-state index in [1.165, 1.54) is 0 Å². The summed E-state index contributed by atoms with van der Waals surface area (Å²) < 4.78 is 16.0. The maximum Gasteiger partial charge on any atom is 0.203 e. The van der Waals surface area contributed by atoms with E-state index in [2.05, 4.69) is 13.8 Å². The van der Waals surface area contributed by atoms with Crippen LogP contribution in [0.5, 0.6) is 17.2 Å². The van der Waals surface area contributed by atoms with Crippen LogP contribution in [0, 0.1) is 5.41 Å². The van der Waals surface area contributed by atoms with Gasteiger partial charge in [-0.2, -0.15) is 0 Å². The Morgan fingerprint density at radius 1 is 1.00 bits per heavy atom. The molecule has 2 unspecified atom stereocenters. The fraction of sp³-hybridized carbons (Fsp3) is 0.571. The van der Waals surface area contributed by atoms with Gasteiger partial charge in [-0.05, 0) is 23.1 Å². The minimum absolute atomic E-state index is 0.130. The average molecular weight is 251 g/mol. The van der Waals surface area contributed by atoms with E-state index in [1.54, 1.807) is 21.3 Å². The minimum atomic E-state index is 0.130. The van der Waals surface area contributed by atoms with Gasteiger partial charge in [-0.25, -0.2) is 0 Å². The summed E-state index contributed by atoms with van der Waals surface area (Å²) in [7, 11) is 4.85. The molecule has 0 amide bonds. The van der Waals surface area contributed by atoms with Crippen molar-refractivity contribution in [3.8, 4) is 17.2 Å². The second kappa shape index (κ2) is 4.35. The monoisotopic (exact) mass is 251 g/mol. The van der Waals surface area contributed by atoms with E-state index in [1.807, 2.05) is 12.1 Å². The second-order valence-electron chi connectivity index (χ2n) is 5.28. The third kappa shape index (κ3) is 1.81. The molecule has 1 fully saturated rings. The molecule has 2 N–H and O–H groups in total. The number of hydrogen-bond acceptors (Lipinski definition) is 4. The van der Waals surface area contributed by atoms with Gasteiger partial charge in [0.15, 0.2) is 11.5 Å². The van der Waals surface area contributed by atoms with E-state index in [0.717, 1.165) is 5.56 Å². The zero-order chi connectivity index (χ0) is 13.5. The van der Waals surface area contributed by atoms with Crippen molar-refractivity contribution in [3.05, 3.63) is 17.7 Å². The van der Waals surface area contributed by atoms with Crippen LogP contribution in [-0.4, -0.2) is 27.4 Å². The molecular weight excluding hydrogens is 230 g/mol. The third-order valence-corrected chi connectivity index (χ3v) is 3.96. The lowest BCUT2D eigenvalue weighted by molar-refractivity contribution is 0.323. The molecule has 0 heterocycles. The van der Waals surface area contributed by atoms with Gasteiger partial charge in [-0.15, -0.1) is 0 Å². The molecule has 100 valence electrons. The van der Waals surface area contributed by atoms with Crippen molar-refractivity contribution >= 4 is 0 Å². The summed E-state index contributed by atoms with van der Waals surface area (Å²) in [4.78, 5) is 0. The third-order valence-electron chi connectivity index (χ3n) is 3.96. The highest BCUT2D eigenvalue weighted by Gasteiger charge is 2.56. The van der Waals surface area contributed by atoms with Gasteiger partial charge in [0.2, 0.25) is 5.75 Å². The Morgan fingerprint density at radius 3 is 1.72 bits per heavy atom. The Bertz CT molecular complexity index is 431. The molecule has 1 aliphatic rings. The maximum absolute atomic E-state index is 6.12. The van der Waals surface area contributed by atoms with E-state index in [9.17, 15) is 0 Å². The molecule has 1 saturated carbocycles. The molecule has 1 aromatic rings. The molecule has 2 atom stereocenters. The van der Waals surface area contributed by atoms with Crippen molar-refractivity contribution in [1.82, 2.24) is 0 Å². The molecule has 0 radical (unpaired) electrons. The van der Waals surface area contributed by atoms with Crippen molar-refractivity contribution in [2.45, 2.75) is 25.8 Å². The number of methoxy groups -OCH3 is 3. The molecule has 0 saturated heterocycles.